The summed E-state index contributed by atoms with van der Waals surface area (Å²) in [5, 5.41) is 3.89. The van der Waals surface area contributed by atoms with Crippen LogP contribution in [-0.2, 0) is 0 Å². The second kappa shape index (κ2) is 7.44. The first-order valence-electron chi connectivity index (χ1n) is 9.40. The number of nitrogens with zero attached hydrogens (tertiary/aromatic N) is 5. The molecule has 0 aliphatic carbocycles. The molecule has 3 heterocycles. The lowest BCUT2D eigenvalue weighted by atomic mass is 10.2. The van der Waals surface area contributed by atoms with Crippen LogP contribution < -0.4 is 10.9 Å². The number of rotatable bonds is 4. The van der Waals surface area contributed by atoms with Gasteiger partial charge >= 0.3 is 0 Å². The highest BCUT2D eigenvalue weighted by atomic mass is 35.5. The molecule has 1 atom stereocenters. The van der Waals surface area contributed by atoms with Crippen LogP contribution in [-0.4, -0.2) is 29.5 Å². The first-order valence-corrected chi connectivity index (χ1v) is 9.78. The molecule has 8 nitrogen and oxygen atoms in total. The first-order chi connectivity index (χ1) is 15.0. The number of hydrogen-bond donors (Lipinski definition) is 2. The number of H-pyrrole nitrogens is 1. The van der Waals surface area contributed by atoms with Crippen LogP contribution >= 0.6 is 11.6 Å². The normalized spacial score (nSPS) is 12.4. The third-order valence-corrected chi connectivity index (χ3v) is 5.12. The molecule has 0 saturated heterocycles. The van der Waals surface area contributed by atoms with Crippen LogP contribution in [0.5, 0.6) is 0 Å². The summed E-state index contributed by atoms with van der Waals surface area (Å²) in [6, 6.07) is 10.3. The van der Waals surface area contributed by atoms with Crippen LogP contribution in [0.3, 0.4) is 0 Å². The maximum Gasteiger partial charge on any atom is 0.266 e. The Bertz CT molecular complexity index is 1500. The van der Waals surface area contributed by atoms with Gasteiger partial charge in [-0.15, -0.1) is 0 Å². The monoisotopic (exact) mass is 435 g/mol. The Labute approximate surface area is 179 Å². The van der Waals surface area contributed by atoms with E-state index in [1.807, 2.05) is 6.92 Å². The van der Waals surface area contributed by atoms with Crippen molar-refractivity contribution in [2.45, 2.75) is 13.0 Å². The van der Waals surface area contributed by atoms with Gasteiger partial charge in [0, 0.05) is 5.02 Å². The molecule has 10 heteroatoms. The van der Waals surface area contributed by atoms with Gasteiger partial charge in [-0.05, 0) is 43.3 Å². The van der Waals surface area contributed by atoms with Crippen LogP contribution in [0.25, 0.3) is 27.8 Å². The van der Waals surface area contributed by atoms with Crippen molar-refractivity contribution in [3.63, 3.8) is 0 Å². The fraction of sp³-hybridized carbons (Fsp3) is 0.0952. The maximum atomic E-state index is 13.8. The number of aromatic amines is 1. The molecule has 31 heavy (non-hydrogen) atoms. The number of benzene rings is 2. The van der Waals surface area contributed by atoms with Crippen molar-refractivity contribution < 1.29 is 4.39 Å². The second-order valence-corrected chi connectivity index (χ2v) is 7.38. The molecule has 3 aromatic heterocycles. The molecule has 0 amide bonds. The van der Waals surface area contributed by atoms with E-state index in [2.05, 4.69) is 30.2 Å². The summed E-state index contributed by atoms with van der Waals surface area (Å²) in [5.41, 5.74) is 1.66. The number of halogens is 2. The summed E-state index contributed by atoms with van der Waals surface area (Å²) >= 11 is 6.17. The van der Waals surface area contributed by atoms with Gasteiger partial charge in [-0.25, -0.2) is 24.3 Å². The molecule has 0 spiro atoms. The Balaban J connectivity index is 1.71. The molecular weight excluding hydrogens is 421 g/mol. The van der Waals surface area contributed by atoms with Crippen molar-refractivity contribution in [1.82, 2.24) is 29.5 Å². The third-order valence-electron chi connectivity index (χ3n) is 4.88. The largest absolute Gasteiger partial charge is 0.358 e. The van der Waals surface area contributed by atoms with Crippen LogP contribution in [0.1, 0.15) is 18.8 Å². The number of nitrogens with one attached hydrogen (secondary N) is 2. The number of anilines is 1. The van der Waals surface area contributed by atoms with Crippen LogP contribution in [0, 0.1) is 5.82 Å². The number of imidazole rings is 1. The molecule has 2 aromatic carbocycles. The molecule has 154 valence electrons. The fourth-order valence-corrected chi connectivity index (χ4v) is 3.65. The fourth-order valence-electron chi connectivity index (χ4n) is 3.47. The smallest absolute Gasteiger partial charge is 0.266 e. The molecule has 0 aliphatic heterocycles. The highest BCUT2D eigenvalue weighted by Crippen LogP contribution is 2.24. The third kappa shape index (κ3) is 3.38. The van der Waals surface area contributed by atoms with Crippen molar-refractivity contribution in [2.24, 2.45) is 0 Å². The van der Waals surface area contributed by atoms with Crippen molar-refractivity contribution in [3.8, 4) is 5.69 Å². The van der Waals surface area contributed by atoms with E-state index in [1.165, 1.54) is 35.4 Å². The van der Waals surface area contributed by atoms with Gasteiger partial charge < -0.3 is 10.3 Å². The van der Waals surface area contributed by atoms with Crippen LogP contribution in [0.2, 0.25) is 5.02 Å². The maximum absolute atomic E-state index is 13.8. The SMILES string of the molecule is C[C@@H](Nc1ncnc2[nH]cnc12)c1nc2ccc(F)cc2c(=O)n1-c1cccc(Cl)c1. The molecular formula is C21H15ClFN7O. The van der Waals surface area contributed by atoms with Crippen molar-refractivity contribution in [1.29, 1.82) is 0 Å². The average molecular weight is 436 g/mol. The highest BCUT2D eigenvalue weighted by molar-refractivity contribution is 6.30. The molecule has 0 radical (unpaired) electrons. The van der Waals surface area contributed by atoms with E-state index in [0.717, 1.165) is 0 Å². The quantitative estimate of drug-likeness (QED) is 0.442. The van der Waals surface area contributed by atoms with Gasteiger partial charge in [0.15, 0.2) is 11.5 Å². The average Bonchev–Trinajstić information content (AvgIpc) is 3.24. The van der Waals surface area contributed by atoms with E-state index in [4.69, 9.17) is 11.6 Å². The highest BCUT2D eigenvalue weighted by Gasteiger charge is 2.20. The van der Waals surface area contributed by atoms with Crippen molar-refractivity contribution in [3.05, 3.63) is 82.1 Å². The van der Waals surface area contributed by atoms with E-state index in [0.29, 0.717) is 39.0 Å². The van der Waals surface area contributed by atoms with Gasteiger partial charge in [-0.3, -0.25) is 9.36 Å². The zero-order valence-corrected chi connectivity index (χ0v) is 16.9. The standard InChI is InChI=1S/C21H15ClFN7O/c1-11(28-19-17-18(25-9-24-17)26-10-27-19)20-29-16-6-5-13(23)8-15(16)21(31)30(20)14-4-2-3-12(22)7-14/h2-11H,1H3,(H2,24,25,26,27,28)/t11-/m1/s1. The molecule has 0 fully saturated rings. The Morgan fingerprint density at radius 2 is 2.03 bits per heavy atom. The summed E-state index contributed by atoms with van der Waals surface area (Å²) in [7, 11) is 0. The summed E-state index contributed by atoms with van der Waals surface area (Å²) in [6.07, 6.45) is 2.94. The zero-order chi connectivity index (χ0) is 21.5. The minimum absolute atomic E-state index is 0.174. The zero-order valence-electron chi connectivity index (χ0n) is 16.2. The summed E-state index contributed by atoms with van der Waals surface area (Å²) in [4.78, 5) is 33.6. The van der Waals surface area contributed by atoms with E-state index in [-0.39, 0.29) is 5.39 Å². The lowest BCUT2D eigenvalue weighted by molar-refractivity contribution is 0.629. The van der Waals surface area contributed by atoms with Gasteiger partial charge in [0.05, 0.1) is 29.0 Å². The van der Waals surface area contributed by atoms with Gasteiger partial charge in [0.2, 0.25) is 0 Å². The molecule has 5 rings (SSSR count). The number of aromatic nitrogens is 6. The predicted octanol–water partition coefficient (Wildman–Crippen LogP) is 4.02. The van der Waals surface area contributed by atoms with Gasteiger partial charge in [-0.2, -0.15) is 0 Å². The number of hydrogen-bond acceptors (Lipinski definition) is 6. The molecule has 0 aliphatic rings. The van der Waals surface area contributed by atoms with E-state index in [1.54, 1.807) is 24.3 Å². The Kier molecular flexibility index (Phi) is 4.59. The van der Waals surface area contributed by atoms with Crippen LogP contribution in [0.4, 0.5) is 10.2 Å². The summed E-state index contributed by atoms with van der Waals surface area (Å²) in [6.45, 7) is 1.85. The minimum atomic E-state index is -0.509. The topological polar surface area (TPSA) is 101 Å². The summed E-state index contributed by atoms with van der Waals surface area (Å²) in [5.74, 6) is 0.392. The first kappa shape index (κ1) is 19.1. The summed E-state index contributed by atoms with van der Waals surface area (Å²) < 4.78 is 15.3. The molecule has 5 aromatic rings. The predicted molar refractivity (Wildman–Crippen MR) is 116 cm³/mol. The van der Waals surface area contributed by atoms with Crippen molar-refractivity contribution in [2.75, 3.05) is 5.32 Å². The van der Waals surface area contributed by atoms with Gasteiger partial charge in [0.1, 0.15) is 23.5 Å². The van der Waals surface area contributed by atoms with E-state index < -0.39 is 17.4 Å². The number of fused-ring (bicyclic) bond motifs is 2. The minimum Gasteiger partial charge on any atom is -0.358 e. The van der Waals surface area contributed by atoms with Gasteiger partial charge in [-0.1, -0.05) is 17.7 Å². The van der Waals surface area contributed by atoms with Gasteiger partial charge in [0.25, 0.3) is 5.56 Å². The Morgan fingerprint density at radius 3 is 2.87 bits per heavy atom. The lowest BCUT2D eigenvalue weighted by Gasteiger charge is -2.20. The van der Waals surface area contributed by atoms with Crippen LogP contribution in [0.15, 0.2) is 59.9 Å². The Morgan fingerprint density at radius 1 is 1.16 bits per heavy atom. The molecule has 0 unspecified atom stereocenters. The van der Waals surface area contributed by atoms with Crippen molar-refractivity contribution >= 4 is 39.5 Å². The van der Waals surface area contributed by atoms with E-state index >= 15 is 0 Å². The molecule has 0 bridgehead atoms. The molecule has 2 N–H and O–H groups in total. The molecule has 0 saturated carbocycles. The lowest BCUT2D eigenvalue weighted by Crippen LogP contribution is -2.27. The van der Waals surface area contributed by atoms with E-state index in [9.17, 15) is 9.18 Å². The Hall–Kier alpha value is -3.85. The second-order valence-electron chi connectivity index (χ2n) is 6.94.